The number of hydrogen-bond acceptors (Lipinski definition) is 2. The van der Waals surface area contributed by atoms with Gasteiger partial charge in [0.1, 0.15) is 11.6 Å². The number of para-hydroxylation sites is 1. The molecule has 0 bridgehead atoms. The molecule has 0 heterocycles. The second-order valence-electron chi connectivity index (χ2n) is 4.92. The largest absolute Gasteiger partial charge is 0.496 e. The minimum Gasteiger partial charge on any atom is -0.496 e. The number of aryl methyl sites for hydroxylation is 1. The summed E-state index contributed by atoms with van der Waals surface area (Å²) < 4.78 is 18.4. The Kier molecular flexibility index (Phi) is 4.74. The van der Waals surface area contributed by atoms with Crippen molar-refractivity contribution in [2.75, 3.05) is 7.11 Å². The second kappa shape index (κ2) is 6.53. The van der Waals surface area contributed by atoms with Gasteiger partial charge in [-0.3, -0.25) is 0 Å². The SMILES string of the molecule is COc1ccccc1[C@H](C)NCc1ccc(F)cc1C. The highest BCUT2D eigenvalue weighted by atomic mass is 19.1. The van der Waals surface area contributed by atoms with Crippen molar-refractivity contribution in [2.45, 2.75) is 26.4 Å². The van der Waals surface area contributed by atoms with E-state index in [0.29, 0.717) is 6.54 Å². The standard InChI is InChI=1S/C17H20FNO/c1-12-10-15(18)9-8-14(12)11-19-13(2)16-6-4-5-7-17(16)20-3/h4-10,13,19H,11H2,1-3H3/t13-/m0/s1. The van der Waals surface area contributed by atoms with E-state index in [9.17, 15) is 4.39 Å². The van der Waals surface area contributed by atoms with Gasteiger partial charge < -0.3 is 10.1 Å². The molecule has 0 saturated heterocycles. The van der Waals surface area contributed by atoms with Crippen LogP contribution < -0.4 is 10.1 Å². The Labute approximate surface area is 119 Å². The Bertz CT molecular complexity index is 583. The first-order valence-corrected chi connectivity index (χ1v) is 6.73. The summed E-state index contributed by atoms with van der Waals surface area (Å²) in [7, 11) is 1.68. The molecule has 0 unspecified atom stereocenters. The summed E-state index contributed by atoms with van der Waals surface area (Å²) in [4.78, 5) is 0. The molecule has 2 aromatic rings. The van der Waals surface area contributed by atoms with Crippen molar-refractivity contribution in [1.82, 2.24) is 5.32 Å². The van der Waals surface area contributed by atoms with Crippen LogP contribution in [0.4, 0.5) is 4.39 Å². The zero-order chi connectivity index (χ0) is 14.5. The van der Waals surface area contributed by atoms with E-state index < -0.39 is 0 Å². The molecule has 20 heavy (non-hydrogen) atoms. The van der Waals surface area contributed by atoms with Gasteiger partial charge in [0, 0.05) is 18.2 Å². The molecule has 2 aromatic carbocycles. The van der Waals surface area contributed by atoms with Crippen LogP contribution in [0.15, 0.2) is 42.5 Å². The van der Waals surface area contributed by atoms with Crippen LogP contribution in [0.1, 0.15) is 29.7 Å². The fourth-order valence-corrected chi connectivity index (χ4v) is 2.25. The molecule has 3 heteroatoms. The van der Waals surface area contributed by atoms with Gasteiger partial charge in [0.15, 0.2) is 0 Å². The van der Waals surface area contributed by atoms with Gasteiger partial charge in [-0.2, -0.15) is 0 Å². The molecule has 0 amide bonds. The molecule has 2 nitrogen and oxygen atoms in total. The first-order chi connectivity index (χ1) is 9.61. The lowest BCUT2D eigenvalue weighted by Crippen LogP contribution is -2.19. The molecule has 1 atom stereocenters. The highest BCUT2D eigenvalue weighted by molar-refractivity contribution is 5.35. The van der Waals surface area contributed by atoms with Gasteiger partial charge in [0.2, 0.25) is 0 Å². The number of nitrogens with one attached hydrogen (secondary N) is 1. The maximum absolute atomic E-state index is 13.1. The Hall–Kier alpha value is -1.87. The predicted molar refractivity (Wildman–Crippen MR) is 79.4 cm³/mol. The molecule has 0 spiro atoms. The molecular weight excluding hydrogens is 253 g/mol. The average molecular weight is 273 g/mol. The van der Waals surface area contributed by atoms with Gasteiger partial charge in [-0.25, -0.2) is 4.39 Å². The smallest absolute Gasteiger partial charge is 0.123 e. The van der Waals surface area contributed by atoms with Gasteiger partial charge in [-0.1, -0.05) is 24.3 Å². The van der Waals surface area contributed by atoms with E-state index in [0.717, 1.165) is 22.4 Å². The molecule has 0 radical (unpaired) electrons. The third-order valence-corrected chi connectivity index (χ3v) is 3.51. The van der Waals surface area contributed by atoms with Crippen molar-refractivity contribution in [3.63, 3.8) is 0 Å². The number of hydrogen-bond donors (Lipinski definition) is 1. The number of benzene rings is 2. The molecule has 0 aromatic heterocycles. The second-order valence-corrected chi connectivity index (χ2v) is 4.92. The zero-order valence-corrected chi connectivity index (χ0v) is 12.1. The number of ether oxygens (including phenoxy) is 1. The highest BCUT2D eigenvalue weighted by Crippen LogP contribution is 2.24. The Morgan fingerprint density at radius 1 is 1.20 bits per heavy atom. The lowest BCUT2D eigenvalue weighted by molar-refractivity contribution is 0.401. The maximum Gasteiger partial charge on any atom is 0.123 e. The summed E-state index contributed by atoms with van der Waals surface area (Å²) in [6.07, 6.45) is 0. The quantitative estimate of drug-likeness (QED) is 0.889. The molecule has 1 N–H and O–H groups in total. The first-order valence-electron chi connectivity index (χ1n) is 6.73. The third kappa shape index (κ3) is 3.36. The lowest BCUT2D eigenvalue weighted by atomic mass is 10.1. The minimum absolute atomic E-state index is 0.163. The molecule has 106 valence electrons. The first kappa shape index (κ1) is 14.5. The van der Waals surface area contributed by atoms with E-state index in [1.807, 2.05) is 37.3 Å². The lowest BCUT2D eigenvalue weighted by Gasteiger charge is -2.18. The van der Waals surface area contributed by atoms with E-state index in [1.54, 1.807) is 13.2 Å². The topological polar surface area (TPSA) is 21.3 Å². The van der Waals surface area contributed by atoms with Crippen LogP contribution in [-0.4, -0.2) is 7.11 Å². The summed E-state index contributed by atoms with van der Waals surface area (Å²) >= 11 is 0. The van der Waals surface area contributed by atoms with Gasteiger partial charge in [-0.15, -0.1) is 0 Å². The van der Waals surface area contributed by atoms with Crippen molar-refractivity contribution in [3.8, 4) is 5.75 Å². The van der Waals surface area contributed by atoms with Crippen LogP contribution in [0.3, 0.4) is 0 Å². The normalized spacial score (nSPS) is 12.2. The third-order valence-electron chi connectivity index (χ3n) is 3.51. The van der Waals surface area contributed by atoms with E-state index in [2.05, 4.69) is 12.2 Å². The molecule has 2 rings (SSSR count). The van der Waals surface area contributed by atoms with Gasteiger partial charge in [0.05, 0.1) is 7.11 Å². The molecular formula is C17H20FNO. The van der Waals surface area contributed by atoms with E-state index in [-0.39, 0.29) is 11.9 Å². The number of rotatable bonds is 5. The van der Waals surface area contributed by atoms with E-state index >= 15 is 0 Å². The van der Waals surface area contributed by atoms with Crippen molar-refractivity contribution in [3.05, 3.63) is 65.0 Å². The van der Waals surface area contributed by atoms with Crippen LogP contribution in [-0.2, 0) is 6.54 Å². The summed E-state index contributed by atoms with van der Waals surface area (Å²) in [6.45, 7) is 4.72. The van der Waals surface area contributed by atoms with Crippen molar-refractivity contribution >= 4 is 0 Å². The van der Waals surface area contributed by atoms with Crippen LogP contribution in [0.2, 0.25) is 0 Å². The molecule has 0 saturated carbocycles. The molecule has 0 fully saturated rings. The summed E-state index contributed by atoms with van der Waals surface area (Å²) in [5, 5.41) is 3.45. The fourth-order valence-electron chi connectivity index (χ4n) is 2.25. The summed E-state index contributed by atoms with van der Waals surface area (Å²) in [5.74, 6) is 0.687. The maximum atomic E-state index is 13.1. The molecule has 0 aliphatic rings. The number of methoxy groups -OCH3 is 1. The monoisotopic (exact) mass is 273 g/mol. The fraction of sp³-hybridized carbons (Fsp3) is 0.294. The summed E-state index contributed by atoms with van der Waals surface area (Å²) in [6, 6.07) is 13.0. The highest BCUT2D eigenvalue weighted by Gasteiger charge is 2.10. The van der Waals surface area contributed by atoms with Gasteiger partial charge >= 0.3 is 0 Å². The van der Waals surface area contributed by atoms with Gasteiger partial charge in [-0.05, 0) is 43.2 Å². The van der Waals surface area contributed by atoms with Crippen LogP contribution >= 0.6 is 0 Å². The number of halogens is 1. The van der Waals surface area contributed by atoms with Crippen LogP contribution in [0.5, 0.6) is 5.75 Å². The van der Waals surface area contributed by atoms with Crippen molar-refractivity contribution < 1.29 is 9.13 Å². The zero-order valence-electron chi connectivity index (χ0n) is 12.1. The van der Waals surface area contributed by atoms with Gasteiger partial charge in [0.25, 0.3) is 0 Å². The van der Waals surface area contributed by atoms with E-state index in [4.69, 9.17) is 4.74 Å². The van der Waals surface area contributed by atoms with Crippen molar-refractivity contribution in [1.29, 1.82) is 0 Å². The molecule has 0 aliphatic heterocycles. The molecule has 0 aliphatic carbocycles. The van der Waals surface area contributed by atoms with Crippen LogP contribution in [0, 0.1) is 12.7 Å². The average Bonchev–Trinajstić information content (AvgIpc) is 2.46. The van der Waals surface area contributed by atoms with E-state index in [1.165, 1.54) is 6.07 Å². The van der Waals surface area contributed by atoms with Crippen LogP contribution in [0.25, 0.3) is 0 Å². The van der Waals surface area contributed by atoms with Crippen molar-refractivity contribution in [2.24, 2.45) is 0 Å². The predicted octanol–water partition coefficient (Wildman–Crippen LogP) is 3.99. The minimum atomic E-state index is -0.191. The Morgan fingerprint density at radius 2 is 1.95 bits per heavy atom. The Morgan fingerprint density at radius 3 is 2.65 bits per heavy atom. The summed E-state index contributed by atoms with van der Waals surface area (Å²) in [5.41, 5.74) is 3.19. The Balaban J connectivity index is 2.06.